The molecule has 4 nitrogen and oxygen atoms in total. The number of hydrazine groups is 1. The lowest BCUT2D eigenvalue weighted by atomic mass is 9.91. The molecular formula is C17H13Cl3F3N3O. The zero-order chi connectivity index (χ0) is 19.8. The number of halogens is 6. The summed E-state index contributed by atoms with van der Waals surface area (Å²) in [6.07, 6.45) is -3.82. The topological polar surface area (TPSA) is 45.3 Å². The molecule has 0 aromatic heterocycles. The minimum Gasteiger partial charge on any atom is -0.320 e. The van der Waals surface area contributed by atoms with Crippen LogP contribution in [0.15, 0.2) is 42.5 Å². The molecule has 0 spiro atoms. The SMILES string of the molecule is CNNc1cc(C2=CC(c3cc(Cl)cc(Cl)c3)(C(F)(F)F)ON2)ccc1Cl. The molecule has 1 unspecified atom stereocenters. The number of nitrogens with one attached hydrogen (secondary N) is 3. The van der Waals surface area contributed by atoms with E-state index in [2.05, 4.69) is 16.3 Å². The van der Waals surface area contributed by atoms with Gasteiger partial charge in [-0.25, -0.2) is 5.43 Å². The number of alkyl halides is 3. The Bertz CT molecular complexity index is 884. The first-order valence-electron chi connectivity index (χ1n) is 7.59. The summed E-state index contributed by atoms with van der Waals surface area (Å²) in [6.45, 7) is 0. The first-order chi connectivity index (χ1) is 12.7. The molecule has 0 bridgehead atoms. The molecule has 0 fully saturated rings. The van der Waals surface area contributed by atoms with Crippen LogP contribution in [0, 0.1) is 0 Å². The maximum Gasteiger partial charge on any atom is 0.428 e. The molecule has 2 aromatic carbocycles. The van der Waals surface area contributed by atoms with Crippen LogP contribution in [0.5, 0.6) is 0 Å². The third-order valence-electron chi connectivity index (χ3n) is 3.92. The van der Waals surface area contributed by atoms with Crippen LogP contribution >= 0.6 is 34.8 Å². The summed E-state index contributed by atoms with van der Waals surface area (Å²) in [5.41, 5.74) is 5.95. The van der Waals surface area contributed by atoms with Gasteiger partial charge in [-0.1, -0.05) is 40.9 Å². The van der Waals surface area contributed by atoms with E-state index in [0.29, 0.717) is 16.3 Å². The van der Waals surface area contributed by atoms with E-state index in [9.17, 15) is 13.2 Å². The van der Waals surface area contributed by atoms with Gasteiger partial charge in [0, 0.05) is 28.2 Å². The molecular weight excluding hydrogens is 426 g/mol. The van der Waals surface area contributed by atoms with E-state index in [4.69, 9.17) is 39.6 Å². The van der Waals surface area contributed by atoms with Gasteiger partial charge in [0.1, 0.15) is 0 Å². The van der Waals surface area contributed by atoms with Crippen LogP contribution < -0.4 is 16.3 Å². The van der Waals surface area contributed by atoms with Gasteiger partial charge in [-0.2, -0.15) is 13.2 Å². The summed E-state index contributed by atoms with van der Waals surface area (Å²) in [6, 6.07) is 8.39. The fourth-order valence-corrected chi connectivity index (χ4v) is 3.37. The highest BCUT2D eigenvalue weighted by atomic mass is 35.5. The smallest absolute Gasteiger partial charge is 0.320 e. The van der Waals surface area contributed by atoms with Gasteiger partial charge in [0.25, 0.3) is 0 Å². The Morgan fingerprint density at radius 2 is 1.70 bits per heavy atom. The Morgan fingerprint density at radius 3 is 2.30 bits per heavy atom. The number of benzene rings is 2. The van der Waals surface area contributed by atoms with Crippen LogP contribution in [0.4, 0.5) is 18.9 Å². The second-order valence-electron chi connectivity index (χ2n) is 5.72. The van der Waals surface area contributed by atoms with Gasteiger partial charge in [-0.3, -0.25) is 10.3 Å². The second kappa shape index (κ2) is 7.41. The van der Waals surface area contributed by atoms with Crippen molar-refractivity contribution in [3.63, 3.8) is 0 Å². The average Bonchev–Trinajstić information content (AvgIpc) is 3.03. The van der Waals surface area contributed by atoms with Crippen molar-refractivity contribution in [2.24, 2.45) is 0 Å². The Kier molecular flexibility index (Phi) is 5.52. The molecule has 2 aromatic rings. The zero-order valence-electron chi connectivity index (χ0n) is 13.7. The number of hydrogen-bond donors (Lipinski definition) is 3. The van der Waals surface area contributed by atoms with Gasteiger partial charge < -0.3 is 5.43 Å². The van der Waals surface area contributed by atoms with Crippen molar-refractivity contribution in [2.45, 2.75) is 11.8 Å². The molecule has 0 amide bonds. The molecule has 0 saturated carbocycles. The standard InChI is InChI=1S/C17H13Cl3F3N3O/c1-24-25-14-4-9(2-3-13(14)20)15-8-16(27-26-15,17(21,22)23)10-5-11(18)7-12(19)6-10/h2-8,24-26H,1H3. The maximum atomic E-state index is 14.0. The maximum absolute atomic E-state index is 14.0. The Balaban J connectivity index is 2.11. The Hall–Kier alpha value is -1.64. The molecule has 144 valence electrons. The van der Waals surface area contributed by atoms with Gasteiger partial charge in [-0.15, -0.1) is 0 Å². The van der Waals surface area contributed by atoms with E-state index >= 15 is 0 Å². The number of hydroxylamine groups is 1. The molecule has 0 radical (unpaired) electrons. The van der Waals surface area contributed by atoms with Crippen molar-refractivity contribution in [1.29, 1.82) is 0 Å². The molecule has 0 aliphatic carbocycles. The lowest BCUT2D eigenvalue weighted by molar-refractivity contribution is -0.269. The first-order valence-corrected chi connectivity index (χ1v) is 8.72. The van der Waals surface area contributed by atoms with Gasteiger partial charge in [0.05, 0.1) is 16.4 Å². The fourth-order valence-electron chi connectivity index (χ4n) is 2.68. The van der Waals surface area contributed by atoms with Gasteiger partial charge >= 0.3 is 6.18 Å². The van der Waals surface area contributed by atoms with Crippen LogP contribution in [0.25, 0.3) is 5.70 Å². The molecule has 10 heteroatoms. The lowest BCUT2D eigenvalue weighted by Crippen LogP contribution is -2.42. The molecule has 3 N–H and O–H groups in total. The van der Waals surface area contributed by atoms with Crippen molar-refractivity contribution in [2.75, 3.05) is 12.5 Å². The van der Waals surface area contributed by atoms with Gasteiger partial charge in [-0.05, 0) is 36.4 Å². The third-order valence-corrected chi connectivity index (χ3v) is 4.69. The Labute approximate surface area is 168 Å². The van der Waals surface area contributed by atoms with E-state index in [1.807, 2.05) is 0 Å². The van der Waals surface area contributed by atoms with Crippen molar-refractivity contribution in [1.82, 2.24) is 10.9 Å². The highest BCUT2D eigenvalue weighted by molar-refractivity contribution is 6.34. The van der Waals surface area contributed by atoms with E-state index in [-0.39, 0.29) is 21.3 Å². The van der Waals surface area contributed by atoms with E-state index in [1.54, 1.807) is 25.2 Å². The van der Waals surface area contributed by atoms with Crippen molar-refractivity contribution in [3.05, 3.63) is 68.7 Å². The normalized spacial score (nSPS) is 19.6. The summed E-state index contributed by atoms with van der Waals surface area (Å²) >= 11 is 17.8. The van der Waals surface area contributed by atoms with Crippen molar-refractivity contribution in [3.8, 4) is 0 Å². The van der Waals surface area contributed by atoms with Crippen molar-refractivity contribution < 1.29 is 18.0 Å². The van der Waals surface area contributed by atoms with Crippen LogP contribution in [0.3, 0.4) is 0 Å². The molecule has 27 heavy (non-hydrogen) atoms. The predicted molar refractivity (Wildman–Crippen MR) is 101 cm³/mol. The van der Waals surface area contributed by atoms with Crippen LogP contribution in [0.2, 0.25) is 15.1 Å². The average molecular weight is 439 g/mol. The molecule has 1 aliphatic rings. The predicted octanol–water partition coefficient (Wildman–Crippen LogP) is 5.53. The van der Waals surface area contributed by atoms with Crippen LogP contribution in [0.1, 0.15) is 11.1 Å². The first kappa shape index (κ1) is 20.1. The molecule has 3 rings (SSSR count). The van der Waals surface area contributed by atoms with Gasteiger partial charge in [0.2, 0.25) is 5.60 Å². The number of hydrogen-bond acceptors (Lipinski definition) is 4. The number of anilines is 1. The summed E-state index contributed by atoms with van der Waals surface area (Å²) in [5.74, 6) is 0. The van der Waals surface area contributed by atoms with E-state index in [0.717, 1.165) is 18.2 Å². The van der Waals surface area contributed by atoms with Crippen molar-refractivity contribution >= 4 is 46.2 Å². The summed E-state index contributed by atoms with van der Waals surface area (Å²) in [5, 5.41) is 0.536. The van der Waals surface area contributed by atoms with Crippen LogP contribution in [-0.4, -0.2) is 13.2 Å². The lowest BCUT2D eigenvalue weighted by Gasteiger charge is -2.28. The van der Waals surface area contributed by atoms with Crippen LogP contribution in [-0.2, 0) is 10.4 Å². The van der Waals surface area contributed by atoms with Gasteiger partial charge in [0.15, 0.2) is 0 Å². The Morgan fingerprint density at radius 1 is 1.04 bits per heavy atom. The summed E-state index contributed by atoms with van der Waals surface area (Å²) < 4.78 is 41.9. The number of rotatable bonds is 4. The summed E-state index contributed by atoms with van der Waals surface area (Å²) in [7, 11) is 1.64. The highest BCUT2D eigenvalue weighted by Crippen LogP contribution is 2.48. The molecule has 1 heterocycles. The quantitative estimate of drug-likeness (QED) is 0.550. The fraction of sp³-hybridized carbons (Fsp3) is 0.176. The second-order valence-corrected chi connectivity index (χ2v) is 7.00. The van der Waals surface area contributed by atoms with E-state index < -0.39 is 11.8 Å². The van der Waals surface area contributed by atoms with E-state index in [1.165, 1.54) is 6.07 Å². The third kappa shape index (κ3) is 3.83. The monoisotopic (exact) mass is 437 g/mol. The highest BCUT2D eigenvalue weighted by Gasteiger charge is 2.59. The minimum atomic E-state index is -4.77. The molecule has 1 atom stereocenters. The zero-order valence-corrected chi connectivity index (χ0v) is 16.0. The summed E-state index contributed by atoms with van der Waals surface area (Å²) in [4.78, 5) is 5.04. The molecule has 0 saturated heterocycles. The molecule has 1 aliphatic heterocycles. The largest absolute Gasteiger partial charge is 0.428 e. The minimum absolute atomic E-state index is 0.0681.